The molecule has 0 saturated heterocycles. The smallest absolute Gasteiger partial charge is 0.430 e. The summed E-state index contributed by atoms with van der Waals surface area (Å²) in [6, 6.07) is 6.70. The first-order valence-electron chi connectivity index (χ1n) is 6.42. The summed E-state index contributed by atoms with van der Waals surface area (Å²) in [6.45, 7) is 1.62. The molecule has 0 aliphatic rings. The Labute approximate surface area is 137 Å². The molecule has 120 valence electrons. The van der Waals surface area contributed by atoms with Crippen molar-refractivity contribution in [2.24, 2.45) is 0 Å². The highest BCUT2D eigenvalue weighted by Crippen LogP contribution is 2.40. The van der Waals surface area contributed by atoms with Gasteiger partial charge in [0.05, 0.1) is 20.9 Å². The van der Waals surface area contributed by atoms with Crippen molar-refractivity contribution < 1.29 is 17.9 Å². The molecular formula is C14H9ClF3N3OS. The highest BCUT2D eigenvalue weighted by atomic mass is 35.5. The van der Waals surface area contributed by atoms with E-state index in [9.17, 15) is 13.2 Å². The van der Waals surface area contributed by atoms with Crippen molar-refractivity contribution in [3.05, 3.63) is 45.5 Å². The van der Waals surface area contributed by atoms with Crippen molar-refractivity contribution in [1.29, 1.82) is 0 Å². The van der Waals surface area contributed by atoms with Crippen LogP contribution in [0.15, 0.2) is 30.5 Å². The third-order valence-corrected chi connectivity index (χ3v) is 4.13. The number of benzene rings is 1. The Morgan fingerprint density at radius 2 is 1.83 bits per heavy atom. The third-order valence-electron chi connectivity index (χ3n) is 2.92. The summed E-state index contributed by atoms with van der Waals surface area (Å²) in [5.74, 6) is -0.362. The molecule has 2 aromatic heterocycles. The highest BCUT2D eigenvalue weighted by Gasteiger charge is 2.45. The Morgan fingerprint density at radius 1 is 1.17 bits per heavy atom. The predicted octanol–water partition coefficient (Wildman–Crippen LogP) is 4.73. The number of aromatic nitrogens is 3. The minimum absolute atomic E-state index is 0.0685. The number of alkyl halides is 3. The van der Waals surface area contributed by atoms with Crippen LogP contribution < -0.4 is 4.74 Å². The monoisotopic (exact) mass is 359 g/mol. The van der Waals surface area contributed by atoms with Crippen LogP contribution in [-0.4, -0.2) is 21.1 Å². The van der Waals surface area contributed by atoms with Gasteiger partial charge in [0.2, 0.25) is 6.10 Å². The van der Waals surface area contributed by atoms with Gasteiger partial charge in [0.25, 0.3) is 5.88 Å². The maximum Gasteiger partial charge on any atom is 0.430 e. The number of ether oxygens (including phenoxy) is 1. The van der Waals surface area contributed by atoms with E-state index in [2.05, 4.69) is 15.0 Å². The van der Waals surface area contributed by atoms with Gasteiger partial charge < -0.3 is 4.74 Å². The van der Waals surface area contributed by atoms with Crippen molar-refractivity contribution in [2.75, 3.05) is 0 Å². The number of halogens is 4. The predicted molar refractivity (Wildman–Crippen MR) is 80.8 cm³/mol. The zero-order chi connectivity index (χ0) is 16.6. The van der Waals surface area contributed by atoms with E-state index in [1.807, 2.05) is 0 Å². The lowest BCUT2D eigenvalue weighted by Crippen LogP contribution is -2.25. The largest absolute Gasteiger partial charge is 0.457 e. The van der Waals surface area contributed by atoms with Crippen LogP contribution in [0.1, 0.15) is 16.0 Å². The van der Waals surface area contributed by atoms with Crippen LogP contribution in [0.25, 0.3) is 11.0 Å². The van der Waals surface area contributed by atoms with E-state index in [-0.39, 0.29) is 15.9 Å². The topological polar surface area (TPSA) is 47.9 Å². The normalized spacial score (nSPS) is 13.3. The standard InChI is InChI=1S/C14H9ClF3N3OS/c1-7-19-6-10(23-7)11(14(16,17)18)22-13-12(15)20-8-4-2-3-5-9(8)21-13/h2-6,11H,1H3. The summed E-state index contributed by atoms with van der Waals surface area (Å²) >= 11 is 6.82. The second-order valence-corrected chi connectivity index (χ2v) is 6.25. The molecule has 0 bridgehead atoms. The molecule has 0 fully saturated rings. The Balaban J connectivity index is 2.01. The van der Waals surface area contributed by atoms with Crippen LogP contribution >= 0.6 is 22.9 Å². The fourth-order valence-electron chi connectivity index (χ4n) is 1.93. The Morgan fingerprint density at radius 3 is 2.39 bits per heavy atom. The van der Waals surface area contributed by atoms with Gasteiger partial charge in [-0.1, -0.05) is 23.7 Å². The van der Waals surface area contributed by atoms with Crippen molar-refractivity contribution in [3.63, 3.8) is 0 Å². The number of aryl methyl sites for hydroxylation is 1. The average Bonchev–Trinajstić information content (AvgIpc) is 2.89. The van der Waals surface area contributed by atoms with Gasteiger partial charge >= 0.3 is 6.18 Å². The second-order valence-electron chi connectivity index (χ2n) is 4.63. The number of hydrogen-bond donors (Lipinski definition) is 0. The highest BCUT2D eigenvalue weighted by molar-refractivity contribution is 7.11. The number of fused-ring (bicyclic) bond motifs is 1. The van der Waals surface area contributed by atoms with E-state index in [4.69, 9.17) is 16.3 Å². The summed E-state index contributed by atoms with van der Waals surface area (Å²) in [7, 11) is 0. The lowest BCUT2D eigenvalue weighted by Gasteiger charge is -2.20. The third kappa shape index (κ3) is 3.37. The molecule has 0 radical (unpaired) electrons. The van der Waals surface area contributed by atoms with Crippen LogP contribution in [0, 0.1) is 6.92 Å². The zero-order valence-corrected chi connectivity index (χ0v) is 13.2. The van der Waals surface area contributed by atoms with Gasteiger partial charge in [0.1, 0.15) is 0 Å². The molecule has 1 aromatic carbocycles. The SMILES string of the molecule is Cc1ncc(C(Oc2nc3ccccc3nc2Cl)C(F)(F)F)s1. The van der Waals surface area contributed by atoms with Crippen molar-refractivity contribution in [1.82, 2.24) is 15.0 Å². The van der Waals surface area contributed by atoms with Crippen LogP contribution in [0.4, 0.5) is 13.2 Å². The van der Waals surface area contributed by atoms with Crippen molar-refractivity contribution >= 4 is 34.0 Å². The molecule has 3 aromatic rings. The van der Waals surface area contributed by atoms with E-state index in [1.165, 1.54) is 0 Å². The molecule has 9 heteroatoms. The van der Waals surface area contributed by atoms with Gasteiger partial charge in [-0.2, -0.15) is 13.2 Å². The molecule has 0 N–H and O–H groups in total. The number of thiazole rings is 1. The summed E-state index contributed by atoms with van der Waals surface area (Å²) < 4.78 is 45.0. The van der Waals surface area contributed by atoms with Gasteiger partial charge in [-0.15, -0.1) is 11.3 Å². The number of nitrogens with zero attached hydrogens (tertiary/aromatic N) is 3. The van der Waals surface area contributed by atoms with E-state index in [0.717, 1.165) is 17.5 Å². The quantitative estimate of drug-likeness (QED) is 0.678. The minimum Gasteiger partial charge on any atom is -0.457 e. The molecule has 1 unspecified atom stereocenters. The first-order valence-corrected chi connectivity index (χ1v) is 7.62. The summed E-state index contributed by atoms with van der Waals surface area (Å²) in [4.78, 5) is 11.8. The number of rotatable bonds is 3. The minimum atomic E-state index is -4.63. The number of para-hydroxylation sites is 2. The first-order chi connectivity index (χ1) is 10.8. The fourth-order valence-corrected chi connectivity index (χ4v) is 2.95. The lowest BCUT2D eigenvalue weighted by molar-refractivity contribution is -0.197. The molecule has 2 heterocycles. The second kappa shape index (κ2) is 5.93. The molecule has 0 aliphatic heterocycles. The van der Waals surface area contributed by atoms with Crippen LogP contribution in [0.5, 0.6) is 5.88 Å². The Kier molecular flexibility index (Phi) is 4.11. The Hall–Kier alpha value is -1.93. The van der Waals surface area contributed by atoms with E-state index in [0.29, 0.717) is 16.0 Å². The molecule has 1 atom stereocenters. The fraction of sp³-hybridized carbons (Fsp3) is 0.214. The molecule has 0 amide bonds. The van der Waals surface area contributed by atoms with Gasteiger partial charge in [-0.25, -0.2) is 15.0 Å². The van der Waals surface area contributed by atoms with Crippen LogP contribution in [0.3, 0.4) is 0 Å². The van der Waals surface area contributed by atoms with Crippen molar-refractivity contribution in [3.8, 4) is 5.88 Å². The maximum absolute atomic E-state index is 13.3. The molecule has 3 rings (SSSR count). The molecule has 0 saturated carbocycles. The first kappa shape index (κ1) is 15.9. The summed E-state index contributed by atoms with van der Waals surface area (Å²) in [5.41, 5.74) is 0.871. The molecular weight excluding hydrogens is 351 g/mol. The molecule has 4 nitrogen and oxygen atoms in total. The Bertz CT molecular complexity index is 853. The van der Waals surface area contributed by atoms with Crippen molar-refractivity contribution in [2.45, 2.75) is 19.2 Å². The van der Waals surface area contributed by atoms with E-state index >= 15 is 0 Å². The zero-order valence-electron chi connectivity index (χ0n) is 11.6. The molecule has 0 spiro atoms. The van der Waals surface area contributed by atoms with E-state index < -0.39 is 12.3 Å². The van der Waals surface area contributed by atoms with Crippen LogP contribution in [0.2, 0.25) is 5.15 Å². The molecule has 0 aliphatic carbocycles. The molecule has 23 heavy (non-hydrogen) atoms. The summed E-state index contributed by atoms with van der Waals surface area (Å²) in [5, 5.41) is 0.285. The number of hydrogen-bond acceptors (Lipinski definition) is 5. The van der Waals surface area contributed by atoms with E-state index in [1.54, 1.807) is 31.2 Å². The average molecular weight is 360 g/mol. The maximum atomic E-state index is 13.3. The lowest BCUT2D eigenvalue weighted by atomic mass is 10.3. The summed E-state index contributed by atoms with van der Waals surface area (Å²) in [6.07, 6.45) is -5.68. The van der Waals surface area contributed by atoms with Gasteiger partial charge in [0, 0.05) is 6.20 Å². The van der Waals surface area contributed by atoms with Gasteiger partial charge in [-0.05, 0) is 19.1 Å². The van der Waals surface area contributed by atoms with Gasteiger partial charge in [0.15, 0.2) is 5.15 Å². The van der Waals surface area contributed by atoms with Crippen LogP contribution in [-0.2, 0) is 0 Å². The van der Waals surface area contributed by atoms with Gasteiger partial charge in [-0.3, -0.25) is 0 Å².